The molecule has 4 aromatic heterocycles. The van der Waals surface area contributed by atoms with E-state index in [1.165, 1.54) is 4.31 Å². The fourth-order valence-corrected chi connectivity index (χ4v) is 5.92. The number of thiophene rings is 1. The third-order valence-electron chi connectivity index (χ3n) is 5.00. The molecule has 0 bridgehead atoms. The number of pyridine rings is 2. The molecule has 0 atom stereocenters. The zero-order valence-electron chi connectivity index (χ0n) is 15.9. The summed E-state index contributed by atoms with van der Waals surface area (Å²) in [5.74, 6) is 1.41. The number of hydrogen-bond acceptors (Lipinski definition) is 9. The van der Waals surface area contributed by atoms with Crippen LogP contribution in [0.1, 0.15) is 23.5 Å². The third kappa shape index (κ3) is 3.39. The van der Waals surface area contributed by atoms with Crippen LogP contribution in [0.4, 0.5) is 5.82 Å². The van der Waals surface area contributed by atoms with Crippen molar-refractivity contribution in [2.45, 2.75) is 19.3 Å². The van der Waals surface area contributed by atoms with Gasteiger partial charge >= 0.3 is 0 Å². The molecule has 156 valence electrons. The zero-order chi connectivity index (χ0) is 20.7. The largest absolute Gasteiger partial charge is 0.504 e. The number of nitrogens with one attached hydrogen (secondary N) is 1. The Labute approximate surface area is 177 Å². The van der Waals surface area contributed by atoms with Crippen molar-refractivity contribution in [3.05, 3.63) is 46.5 Å². The van der Waals surface area contributed by atoms with E-state index in [-0.39, 0.29) is 23.0 Å². The molecule has 9 nitrogen and oxygen atoms in total. The summed E-state index contributed by atoms with van der Waals surface area (Å²) in [4.78, 5) is 14.5. The Morgan fingerprint density at radius 1 is 1.17 bits per heavy atom. The number of H-pyrrole nitrogens is 1. The van der Waals surface area contributed by atoms with E-state index < -0.39 is 10.8 Å². The third-order valence-corrected chi connectivity index (χ3v) is 7.77. The van der Waals surface area contributed by atoms with Crippen LogP contribution in [-0.4, -0.2) is 51.7 Å². The quantitative estimate of drug-likeness (QED) is 0.371. The SMILES string of the molecule is Oc1c(-c2n[nH]c(Cc3cccs3)n2)nc(N2CCCCS2(O)O)c2cccnc12. The minimum absolute atomic E-state index is 0.135. The monoisotopic (exact) mass is 444 g/mol. The maximum atomic E-state index is 10.9. The van der Waals surface area contributed by atoms with Crippen LogP contribution >= 0.6 is 22.1 Å². The molecule has 1 aliphatic rings. The lowest BCUT2D eigenvalue weighted by Gasteiger charge is -2.47. The second-order valence-electron chi connectivity index (χ2n) is 7.04. The minimum Gasteiger partial charge on any atom is -0.504 e. The number of aromatic nitrogens is 5. The molecule has 0 unspecified atom stereocenters. The Morgan fingerprint density at radius 2 is 2.07 bits per heavy atom. The molecular formula is C19H20N6O3S2. The molecule has 30 heavy (non-hydrogen) atoms. The predicted octanol–water partition coefficient (Wildman–Crippen LogP) is 4.04. The Hall–Kier alpha value is -2.73. The summed E-state index contributed by atoms with van der Waals surface area (Å²) in [6.45, 7) is 0.459. The summed E-state index contributed by atoms with van der Waals surface area (Å²) in [5, 5.41) is 20.6. The fraction of sp³-hybridized carbons (Fsp3) is 0.263. The zero-order valence-corrected chi connectivity index (χ0v) is 17.5. The first-order chi connectivity index (χ1) is 14.5. The molecule has 0 aromatic carbocycles. The normalized spacial score (nSPS) is 17.3. The first-order valence-corrected chi connectivity index (χ1v) is 12.0. The van der Waals surface area contributed by atoms with Gasteiger partial charge in [-0.25, -0.2) is 9.97 Å². The molecule has 5 rings (SSSR count). The van der Waals surface area contributed by atoms with Crippen LogP contribution in [0.15, 0.2) is 35.8 Å². The summed E-state index contributed by atoms with van der Waals surface area (Å²) < 4.78 is 22.8. The van der Waals surface area contributed by atoms with Crippen LogP contribution in [0.3, 0.4) is 0 Å². The summed E-state index contributed by atoms with van der Waals surface area (Å²) in [7, 11) is -2.99. The van der Waals surface area contributed by atoms with Gasteiger partial charge in [-0.1, -0.05) is 6.07 Å². The van der Waals surface area contributed by atoms with Crippen molar-refractivity contribution < 1.29 is 14.2 Å². The molecule has 0 radical (unpaired) electrons. The first kappa shape index (κ1) is 19.2. The highest BCUT2D eigenvalue weighted by atomic mass is 32.3. The Morgan fingerprint density at radius 3 is 2.87 bits per heavy atom. The maximum absolute atomic E-state index is 10.9. The highest BCUT2D eigenvalue weighted by Gasteiger charge is 2.31. The molecule has 0 saturated carbocycles. The number of fused-ring (bicyclic) bond motifs is 1. The Balaban J connectivity index is 1.63. The van der Waals surface area contributed by atoms with Gasteiger partial charge in [0, 0.05) is 29.4 Å². The molecule has 0 aliphatic carbocycles. The average Bonchev–Trinajstić information content (AvgIpc) is 3.41. The Kier molecular flexibility index (Phi) is 4.82. The van der Waals surface area contributed by atoms with Gasteiger partial charge in [0.15, 0.2) is 17.3 Å². The lowest BCUT2D eigenvalue weighted by atomic mass is 10.2. The second-order valence-corrected chi connectivity index (χ2v) is 10.2. The minimum atomic E-state index is -2.99. The van der Waals surface area contributed by atoms with E-state index in [1.807, 2.05) is 17.5 Å². The van der Waals surface area contributed by atoms with E-state index in [0.29, 0.717) is 35.5 Å². The van der Waals surface area contributed by atoms with E-state index in [1.54, 1.807) is 29.7 Å². The Bertz CT molecular complexity index is 1190. The van der Waals surface area contributed by atoms with Gasteiger partial charge < -0.3 is 5.11 Å². The van der Waals surface area contributed by atoms with Gasteiger partial charge in [-0.05, 0) is 36.4 Å². The highest BCUT2D eigenvalue weighted by molar-refractivity contribution is 8.25. The second kappa shape index (κ2) is 7.51. The van der Waals surface area contributed by atoms with Gasteiger partial charge in [-0.2, -0.15) is 5.10 Å². The van der Waals surface area contributed by atoms with Crippen LogP contribution < -0.4 is 4.31 Å². The van der Waals surface area contributed by atoms with E-state index in [9.17, 15) is 14.2 Å². The standard InChI is InChI=1S/C19H20N6O3S2/c26-17-15-13(6-3-7-20-15)19(25-8-1-2-10-30(25,27)28)22-16(17)18-21-14(23-24-18)11-12-5-4-9-29-12/h3-7,9,26-28H,1-2,8,10-11H2,(H,21,23,24). The molecule has 0 spiro atoms. The van der Waals surface area contributed by atoms with E-state index in [0.717, 1.165) is 17.7 Å². The summed E-state index contributed by atoms with van der Waals surface area (Å²) in [6.07, 6.45) is 3.73. The van der Waals surface area contributed by atoms with Crippen LogP contribution in [0.25, 0.3) is 22.4 Å². The number of aromatic hydroxyl groups is 1. The molecule has 1 fully saturated rings. The van der Waals surface area contributed by atoms with Crippen molar-refractivity contribution in [3.63, 3.8) is 0 Å². The van der Waals surface area contributed by atoms with Crippen molar-refractivity contribution in [2.24, 2.45) is 0 Å². The fourth-order valence-electron chi connectivity index (χ4n) is 3.56. The lowest BCUT2D eigenvalue weighted by molar-refractivity contribution is 0.466. The summed E-state index contributed by atoms with van der Waals surface area (Å²) >= 11 is 1.63. The predicted molar refractivity (Wildman–Crippen MR) is 118 cm³/mol. The van der Waals surface area contributed by atoms with Gasteiger partial charge in [-0.3, -0.25) is 23.5 Å². The summed E-state index contributed by atoms with van der Waals surface area (Å²) in [6, 6.07) is 7.48. The van der Waals surface area contributed by atoms with Gasteiger partial charge in [0.05, 0.1) is 5.75 Å². The smallest absolute Gasteiger partial charge is 0.203 e. The van der Waals surface area contributed by atoms with Crippen molar-refractivity contribution >= 4 is 38.8 Å². The van der Waals surface area contributed by atoms with Gasteiger partial charge in [-0.15, -0.1) is 22.1 Å². The molecule has 1 aliphatic heterocycles. The van der Waals surface area contributed by atoms with E-state index >= 15 is 0 Å². The number of nitrogens with zero attached hydrogens (tertiary/aromatic N) is 5. The van der Waals surface area contributed by atoms with Crippen LogP contribution in [0.2, 0.25) is 0 Å². The van der Waals surface area contributed by atoms with Gasteiger partial charge in [0.2, 0.25) is 5.82 Å². The van der Waals surface area contributed by atoms with Crippen LogP contribution in [0.5, 0.6) is 5.75 Å². The molecular weight excluding hydrogens is 424 g/mol. The number of aromatic amines is 1. The van der Waals surface area contributed by atoms with Crippen molar-refractivity contribution in [1.82, 2.24) is 25.1 Å². The molecule has 5 heterocycles. The molecule has 4 aromatic rings. The van der Waals surface area contributed by atoms with E-state index in [4.69, 9.17) is 0 Å². The highest BCUT2D eigenvalue weighted by Crippen LogP contribution is 2.51. The molecule has 11 heteroatoms. The maximum Gasteiger partial charge on any atom is 0.203 e. The first-order valence-electron chi connectivity index (χ1n) is 9.48. The van der Waals surface area contributed by atoms with Crippen molar-refractivity contribution in [1.29, 1.82) is 0 Å². The molecule has 0 amide bonds. The lowest BCUT2D eigenvalue weighted by Crippen LogP contribution is -2.35. The van der Waals surface area contributed by atoms with Gasteiger partial charge in [0.1, 0.15) is 11.3 Å². The van der Waals surface area contributed by atoms with Gasteiger partial charge in [0.25, 0.3) is 0 Å². The van der Waals surface area contributed by atoms with Crippen LogP contribution in [0, 0.1) is 0 Å². The molecule has 1 saturated heterocycles. The average molecular weight is 445 g/mol. The number of hydrogen-bond donors (Lipinski definition) is 4. The number of rotatable bonds is 4. The topological polar surface area (TPSA) is 131 Å². The van der Waals surface area contributed by atoms with E-state index in [2.05, 4.69) is 25.1 Å². The van der Waals surface area contributed by atoms with Crippen molar-refractivity contribution in [2.75, 3.05) is 16.6 Å². The van der Waals surface area contributed by atoms with Crippen LogP contribution in [-0.2, 0) is 6.42 Å². The summed E-state index contributed by atoms with van der Waals surface area (Å²) in [5.41, 5.74) is 0.480. The number of anilines is 1. The molecule has 4 N–H and O–H groups in total. The van der Waals surface area contributed by atoms with Crippen molar-refractivity contribution in [3.8, 4) is 17.3 Å².